The molecule has 5 rings (SSSR count). The van der Waals surface area contributed by atoms with Crippen molar-refractivity contribution in [3.63, 3.8) is 0 Å². The molecule has 2 amide bonds. The van der Waals surface area contributed by atoms with E-state index in [2.05, 4.69) is 15.5 Å². The first-order valence-electron chi connectivity index (χ1n) is 12.8. The van der Waals surface area contributed by atoms with Gasteiger partial charge < -0.3 is 19.7 Å². The van der Waals surface area contributed by atoms with Crippen LogP contribution in [0, 0.1) is 0 Å². The molecular weight excluding hydrogens is 571 g/mol. The van der Waals surface area contributed by atoms with Crippen LogP contribution in [0.1, 0.15) is 27.3 Å². The van der Waals surface area contributed by atoms with Crippen molar-refractivity contribution >= 4 is 29.3 Å². The molecule has 13 heteroatoms. The number of carbonyl (C=O) groups is 2. The third-order valence-electron chi connectivity index (χ3n) is 6.72. The van der Waals surface area contributed by atoms with Crippen molar-refractivity contribution in [1.29, 1.82) is 0 Å². The molecule has 0 aliphatic carbocycles. The number of carbonyl (C=O) groups excluding carboxylic acids is 2. The average Bonchev–Trinajstić information content (AvgIpc) is 3.62. The molecular formula is C29H26F3N5O4S. The standard InChI is InChI=1S/C29H26F3N5O4S/c1-40-19-11-12-24(41-2)23(15-19)37-25(16-33-27(39)20-8-4-5-9-21(20)29(30,31)32)34-35-28(37)42-17-26(38)36-14-13-18-7-3-6-10-22(18)36/h3-12,15H,13-14,16-17H2,1-2H3,(H,33,39). The zero-order valence-corrected chi connectivity index (χ0v) is 23.5. The summed E-state index contributed by atoms with van der Waals surface area (Å²) in [6.45, 7) is 0.318. The van der Waals surface area contributed by atoms with Crippen LogP contribution in [0.2, 0.25) is 0 Å². The molecule has 1 aliphatic heterocycles. The number of aromatic nitrogens is 3. The molecule has 0 bridgehead atoms. The minimum absolute atomic E-state index is 0.0457. The highest BCUT2D eigenvalue weighted by Gasteiger charge is 2.35. The van der Waals surface area contributed by atoms with Gasteiger partial charge in [0.05, 0.1) is 43.3 Å². The summed E-state index contributed by atoms with van der Waals surface area (Å²) < 4.78 is 53.0. The van der Waals surface area contributed by atoms with Crippen molar-refractivity contribution in [2.45, 2.75) is 24.3 Å². The van der Waals surface area contributed by atoms with Crippen LogP contribution in [-0.4, -0.2) is 53.1 Å². The second kappa shape index (κ2) is 12.1. The number of hydrogen-bond donors (Lipinski definition) is 1. The molecule has 0 fully saturated rings. The van der Waals surface area contributed by atoms with Crippen LogP contribution in [0.4, 0.5) is 18.9 Å². The van der Waals surface area contributed by atoms with Crippen molar-refractivity contribution < 1.29 is 32.2 Å². The van der Waals surface area contributed by atoms with Crippen LogP contribution in [0.25, 0.3) is 5.69 Å². The summed E-state index contributed by atoms with van der Waals surface area (Å²) >= 11 is 1.14. The second-order valence-electron chi connectivity index (χ2n) is 9.21. The summed E-state index contributed by atoms with van der Waals surface area (Å²) in [5.74, 6) is 0.134. The van der Waals surface area contributed by atoms with Gasteiger partial charge in [-0.1, -0.05) is 42.1 Å². The number of rotatable bonds is 9. The van der Waals surface area contributed by atoms with Crippen LogP contribution in [-0.2, 0) is 23.9 Å². The monoisotopic (exact) mass is 597 g/mol. The van der Waals surface area contributed by atoms with Gasteiger partial charge in [-0.15, -0.1) is 10.2 Å². The number of fused-ring (bicyclic) bond motifs is 1. The number of nitrogens with zero attached hydrogens (tertiary/aromatic N) is 4. The number of para-hydroxylation sites is 1. The van der Waals surface area contributed by atoms with Crippen molar-refractivity contribution in [2.24, 2.45) is 0 Å². The van der Waals surface area contributed by atoms with Gasteiger partial charge >= 0.3 is 6.18 Å². The Hall–Kier alpha value is -4.52. The molecule has 0 radical (unpaired) electrons. The first-order valence-corrected chi connectivity index (χ1v) is 13.8. The summed E-state index contributed by atoms with van der Waals surface area (Å²) in [6, 6.07) is 17.3. The van der Waals surface area contributed by atoms with E-state index >= 15 is 0 Å². The van der Waals surface area contributed by atoms with Crippen molar-refractivity contribution in [2.75, 3.05) is 31.4 Å². The normalized spacial score (nSPS) is 12.6. The van der Waals surface area contributed by atoms with Gasteiger partial charge in [0.25, 0.3) is 5.91 Å². The molecule has 1 aliphatic rings. The zero-order valence-electron chi connectivity index (χ0n) is 22.6. The maximum atomic E-state index is 13.5. The maximum Gasteiger partial charge on any atom is 0.417 e. The van der Waals surface area contributed by atoms with Gasteiger partial charge in [0.1, 0.15) is 11.5 Å². The molecule has 1 aromatic heterocycles. The number of nitrogens with one attached hydrogen (secondary N) is 1. The topological polar surface area (TPSA) is 98.6 Å². The lowest BCUT2D eigenvalue weighted by Crippen LogP contribution is -2.30. The Balaban J connectivity index is 1.43. The van der Waals surface area contributed by atoms with Crippen LogP contribution < -0.4 is 19.7 Å². The molecule has 42 heavy (non-hydrogen) atoms. The van der Waals surface area contributed by atoms with E-state index in [9.17, 15) is 22.8 Å². The summed E-state index contributed by atoms with van der Waals surface area (Å²) in [5.41, 5.74) is 0.882. The molecule has 0 saturated heterocycles. The number of alkyl halides is 3. The first kappa shape index (κ1) is 29.0. The fourth-order valence-corrected chi connectivity index (χ4v) is 5.55. The highest BCUT2D eigenvalue weighted by atomic mass is 32.2. The predicted octanol–water partition coefficient (Wildman–Crippen LogP) is 4.91. The largest absolute Gasteiger partial charge is 0.497 e. The number of hydrogen-bond acceptors (Lipinski definition) is 7. The van der Waals surface area contributed by atoms with E-state index in [1.165, 1.54) is 26.4 Å². The lowest BCUT2D eigenvalue weighted by atomic mass is 10.1. The van der Waals surface area contributed by atoms with Crippen molar-refractivity contribution in [3.05, 3.63) is 89.2 Å². The number of benzene rings is 3. The summed E-state index contributed by atoms with van der Waals surface area (Å²) in [4.78, 5) is 27.8. The van der Waals surface area contributed by atoms with Gasteiger partial charge in [-0.2, -0.15) is 13.2 Å². The van der Waals surface area contributed by atoms with Gasteiger partial charge in [-0.05, 0) is 42.3 Å². The Kier molecular flexibility index (Phi) is 8.39. The molecule has 3 aromatic carbocycles. The van der Waals surface area contributed by atoms with Crippen molar-refractivity contribution in [3.8, 4) is 17.2 Å². The Morgan fingerprint density at radius 2 is 1.74 bits per heavy atom. The first-order chi connectivity index (χ1) is 20.2. The van der Waals surface area contributed by atoms with E-state index in [0.717, 1.165) is 41.6 Å². The van der Waals surface area contributed by atoms with E-state index in [0.29, 0.717) is 28.9 Å². The van der Waals surface area contributed by atoms with E-state index in [1.54, 1.807) is 27.7 Å². The summed E-state index contributed by atoms with van der Waals surface area (Å²) in [6.07, 6.45) is -3.93. The zero-order chi connectivity index (χ0) is 29.9. The third-order valence-corrected chi connectivity index (χ3v) is 7.64. The Morgan fingerprint density at radius 1 is 0.976 bits per heavy atom. The van der Waals surface area contributed by atoms with E-state index in [1.807, 2.05) is 24.3 Å². The molecule has 0 spiro atoms. The summed E-state index contributed by atoms with van der Waals surface area (Å²) in [7, 11) is 2.98. The molecule has 0 unspecified atom stereocenters. The quantitative estimate of drug-likeness (QED) is 0.274. The molecule has 4 aromatic rings. The van der Waals surface area contributed by atoms with Gasteiger partial charge in [-0.3, -0.25) is 14.2 Å². The minimum atomic E-state index is -4.70. The summed E-state index contributed by atoms with van der Waals surface area (Å²) in [5, 5.41) is 11.3. The van der Waals surface area contributed by atoms with Gasteiger partial charge in [0.15, 0.2) is 11.0 Å². The Labute approximate surface area is 243 Å². The van der Waals surface area contributed by atoms with E-state index in [4.69, 9.17) is 9.47 Å². The van der Waals surface area contributed by atoms with Crippen LogP contribution in [0.3, 0.4) is 0 Å². The molecule has 218 valence electrons. The maximum absolute atomic E-state index is 13.5. The number of amides is 2. The van der Waals surface area contributed by atoms with Crippen LogP contribution >= 0.6 is 11.8 Å². The van der Waals surface area contributed by atoms with E-state index in [-0.39, 0.29) is 24.0 Å². The van der Waals surface area contributed by atoms with Gasteiger partial charge in [0.2, 0.25) is 5.91 Å². The van der Waals surface area contributed by atoms with Gasteiger partial charge in [0, 0.05) is 18.3 Å². The van der Waals surface area contributed by atoms with Crippen LogP contribution in [0.15, 0.2) is 71.9 Å². The SMILES string of the molecule is COc1ccc(OC)c(-n2c(CNC(=O)c3ccccc3C(F)(F)F)nnc2SCC(=O)N2CCc3ccccc32)c1. The minimum Gasteiger partial charge on any atom is -0.497 e. The Morgan fingerprint density at radius 3 is 2.50 bits per heavy atom. The number of thioether (sulfide) groups is 1. The fourth-order valence-electron chi connectivity index (χ4n) is 4.71. The average molecular weight is 598 g/mol. The molecule has 1 N–H and O–H groups in total. The second-order valence-corrected chi connectivity index (χ2v) is 10.2. The lowest BCUT2D eigenvalue weighted by Gasteiger charge is -2.18. The third kappa shape index (κ3) is 5.91. The highest BCUT2D eigenvalue weighted by Crippen LogP contribution is 2.34. The number of anilines is 1. The van der Waals surface area contributed by atoms with Crippen molar-refractivity contribution in [1.82, 2.24) is 20.1 Å². The molecule has 0 atom stereocenters. The predicted molar refractivity (Wildman–Crippen MR) is 150 cm³/mol. The number of methoxy groups -OCH3 is 2. The van der Waals surface area contributed by atoms with E-state index < -0.39 is 23.2 Å². The number of halogens is 3. The molecule has 0 saturated carbocycles. The lowest BCUT2D eigenvalue weighted by molar-refractivity contribution is -0.138. The number of ether oxygens (including phenoxy) is 2. The fraction of sp³-hybridized carbons (Fsp3) is 0.241. The molecule has 2 heterocycles. The van der Waals surface area contributed by atoms with Crippen LogP contribution in [0.5, 0.6) is 11.5 Å². The molecule has 9 nitrogen and oxygen atoms in total. The highest BCUT2D eigenvalue weighted by molar-refractivity contribution is 7.99. The smallest absolute Gasteiger partial charge is 0.417 e. The Bertz CT molecular complexity index is 1630. The van der Waals surface area contributed by atoms with Gasteiger partial charge in [-0.25, -0.2) is 0 Å².